The van der Waals surface area contributed by atoms with E-state index >= 15 is 0 Å². The van der Waals surface area contributed by atoms with Crippen LogP contribution in [0.15, 0.2) is 49.1 Å². The van der Waals surface area contributed by atoms with Crippen molar-refractivity contribution in [3.63, 3.8) is 0 Å². The zero-order valence-corrected chi connectivity index (χ0v) is 20.0. The van der Waals surface area contributed by atoms with Crippen molar-refractivity contribution >= 4 is 34.7 Å². The number of anilines is 1. The summed E-state index contributed by atoms with van der Waals surface area (Å²) in [4.78, 5) is 30.1. The average molecular weight is 494 g/mol. The highest BCUT2D eigenvalue weighted by atomic mass is 35.5. The number of rotatable bonds is 7. The van der Waals surface area contributed by atoms with Gasteiger partial charge in [-0.3, -0.25) is 14.3 Å². The van der Waals surface area contributed by atoms with Gasteiger partial charge in [0, 0.05) is 34.7 Å². The highest BCUT2D eigenvalue weighted by Gasteiger charge is 2.33. The minimum atomic E-state index is -0.410. The maximum absolute atomic E-state index is 13.2. The Labute approximate surface area is 206 Å². The van der Waals surface area contributed by atoms with Crippen LogP contribution in [0.1, 0.15) is 36.5 Å². The summed E-state index contributed by atoms with van der Waals surface area (Å²) in [5, 5.41) is 15.2. The first-order chi connectivity index (χ1) is 16.8. The van der Waals surface area contributed by atoms with Gasteiger partial charge in [-0.1, -0.05) is 11.6 Å². The predicted molar refractivity (Wildman–Crippen MR) is 131 cm³/mol. The number of aromatic nitrogens is 5. The molecule has 2 N–H and O–H groups in total. The number of ether oxygens (including phenoxy) is 1. The lowest BCUT2D eigenvalue weighted by atomic mass is 9.78. The average Bonchev–Trinajstić information content (AvgIpc) is 3.42. The Bertz CT molecular complexity index is 1420. The van der Waals surface area contributed by atoms with Gasteiger partial charge in [0.05, 0.1) is 19.0 Å². The molecule has 1 aliphatic carbocycles. The second-order valence-corrected chi connectivity index (χ2v) is 9.23. The molecule has 0 spiro atoms. The summed E-state index contributed by atoms with van der Waals surface area (Å²) in [5.74, 6) is -0.0323. The zero-order valence-electron chi connectivity index (χ0n) is 19.3. The van der Waals surface area contributed by atoms with Crippen LogP contribution < -0.4 is 15.4 Å². The Balaban J connectivity index is 1.49. The third kappa shape index (κ3) is 4.57. The van der Waals surface area contributed by atoms with Crippen LogP contribution in [0.3, 0.4) is 0 Å². The van der Waals surface area contributed by atoms with Gasteiger partial charge in [0.15, 0.2) is 5.65 Å². The van der Waals surface area contributed by atoms with Crippen LogP contribution in [0, 0.1) is 0 Å². The zero-order chi connectivity index (χ0) is 24.6. The molecule has 0 unspecified atom stereocenters. The number of amides is 2. The largest absolute Gasteiger partial charge is 0.496 e. The molecule has 2 amide bonds. The fraction of sp³-hybridized carbons (Fsp3) is 0.292. The van der Waals surface area contributed by atoms with Crippen molar-refractivity contribution in [1.29, 1.82) is 0 Å². The molecule has 1 fully saturated rings. The second kappa shape index (κ2) is 9.03. The van der Waals surface area contributed by atoms with E-state index in [2.05, 4.69) is 25.8 Å². The molecule has 3 aromatic heterocycles. The third-order valence-electron chi connectivity index (χ3n) is 6.15. The lowest BCUT2D eigenvalue weighted by Gasteiger charge is -2.39. The molecule has 5 rings (SSSR count). The summed E-state index contributed by atoms with van der Waals surface area (Å²) in [5.41, 5.74) is 1.96. The fourth-order valence-corrected chi connectivity index (χ4v) is 4.36. The number of halogens is 1. The number of methoxy groups -OCH3 is 1. The van der Waals surface area contributed by atoms with Crippen LogP contribution in [-0.2, 0) is 11.3 Å². The Morgan fingerprint density at radius 1 is 1.29 bits per heavy atom. The van der Waals surface area contributed by atoms with Gasteiger partial charge < -0.3 is 15.4 Å². The lowest BCUT2D eigenvalue weighted by Crippen LogP contribution is -2.51. The Kier molecular flexibility index (Phi) is 5.89. The molecule has 0 saturated heterocycles. The molecule has 0 bridgehead atoms. The first-order valence-corrected chi connectivity index (χ1v) is 11.6. The highest BCUT2D eigenvalue weighted by molar-refractivity contribution is 6.31. The van der Waals surface area contributed by atoms with Gasteiger partial charge in [-0.15, -0.1) is 0 Å². The molecule has 0 atom stereocenters. The molecule has 1 aliphatic rings. The van der Waals surface area contributed by atoms with E-state index in [4.69, 9.17) is 16.3 Å². The molecule has 1 aromatic carbocycles. The first kappa shape index (κ1) is 22.9. The molecule has 1 saturated carbocycles. The van der Waals surface area contributed by atoms with Gasteiger partial charge in [-0.2, -0.15) is 10.2 Å². The van der Waals surface area contributed by atoms with Crippen LogP contribution in [-0.4, -0.2) is 48.8 Å². The van der Waals surface area contributed by atoms with Crippen LogP contribution in [0.5, 0.6) is 5.75 Å². The minimum Gasteiger partial charge on any atom is -0.496 e. The molecule has 11 heteroatoms. The van der Waals surface area contributed by atoms with Crippen molar-refractivity contribution in [3.8, 4) is 17.0 Å². The van der Waals surface area contributed by atoms with Gasteiger partial charge >= 0.3 is 0 Å². The van der Waals surface area contributed by atoms with Crippen LogP contribution >= 0.6 is 11.6 Å². The summed E-state index contributed by atoms with van der Waals surface area (Å²) < 4.78 is 8.52. The number of hydrogen-bond donors (Lipinski definition) is 2. The first-order valence-electron chi connectivity index (χ1n) is 11.2. The Morgan fingerprint density at radius 2 is 2.11 bits per heavy atom. The number of benzene rings is 1. The SMILES string of the molecule is COc1ccc(Cl)cc1-c1nn(CC(=O)NC2(C)CCC2)cc1NC(=O)c1cnn2cccnc12. The molecular formula is C24H24ClN7O3. The maximum Gasteiger partial charge on any atom is 0.261 e. The van der Waals surface area contributed by atoms with Gasteiger partial charge in [0.1, 0.15) is 23.6 Å². The summed E-state index contributed by atoms with van der Waals surface area (Å²) in [6.07, 6.45) is 9.39. The van der Waals surface area contributed by atoms with E-state index in [1.54, 1.807) is 50.0 Å². The Morgan fingerprint density at radius 3 is 2.86 bits per heavy atom. The number of nitrogens with zero attached hydrogens (tertiary/aromatic N) is 5. The van der Waals surface area contributed by atoms with Crippen molar-refractivity contribution in [2.24, 2.45) is 0 Å². The van der Waals surface area contributed by atoms with Crippen LogP contribution in [0.25, 0.3) is 16.9 Å². The summed E-state index contributed by atoms with van der Waals surface area (Å²) in [6, 6.07) is 6.86. The van der Waals surface area contributed by atoms with Crippen LogP contribution in [0.4, 0.5) is 5.69 Å². The van der Waals surface area contributed by atoms with Crippen LogP contribution in [0.2, 0.25) is 5.02 Å². The quantitative estimate of drug-likeness (QED) is 0.406. The van der Waals surface area contributed by atoms with Gasteiger partial charge in [0.2, 0.25) is 5.91 Å². The summed E-state index contributed by atoms with van der Waals surface area (Å²) >= 11 is 6.25. The van der Waals surface area contributed by atoms with E-state index in [0.717, 1.165) is 19.3 Å². The van der Waals surface area contributed by atoms with E-state index in [-0.39, 0.29) is 18.0 Å². The van der Waals surface area contributed by atoms with E-state index in [0.29, 0.717) is 38.9 Å². The van der Waals surface area contributed by atoms with Crippen molar-refractivity contribution in [1.82, 2.24) is 29.7 Å². The molecule has 0 radical (unpaired) electrons. The van der Waals surface area contributed by atoms with Crippen molar-refractivity contribution < 1.29 is 14.3 Å². The molecule has 4 aromatic rings. The molecule has 10 nitrogen and oxygen atoms in total. The smallest absolute Gasteiger partial charge is 0.261 e. The normalized spacial score (nSPS) is 14.4. The second-order valence-electron chi connectivity index (χ2n) is 8.80. The van der Waals surface area contributed by atoms with E-state index in [1.807, 2.05) is 6.92 Å². The van der Waals surface area contributed by atoms with E-state index in [9.17, 15) is 9.59 Å². The monoisotopic (exact) mass is 493 g/mol. The molecule has 3 heterocycles. The van der Waals surface area contributed by atoms with Gasteiger partial charge in [0.25, 0.3) is 5.91 Å². The van der Waals surface area contributed by atoms with Crippen molar-refractivity contribution in [2.45, 2.75) is 38.3 Å². The molecule has 180 valence electrons. The molecular weight excluding hydrogens is 470 g/mol. The van der Waals surface area contributed by atoms with Crippen molar-refractivity contribution in [2.75, 3.05) is 12.4 Å². The Hall–Kier alpha value is -3.92. The fourth-order valence-electron chi connectivity index (χ4n) is 4.19. The van der Waals surface area contributed by atoms with Gasteiger partial charge in [-0.25, -0.2) is 9.50 Å². The number of hydrogen-bond acceptors (Lipinski definition) is 6. The third-order valence-corrected chi connectivity index (χ3v) is 6.39. The van der Waals surface area contributed by atoms with E-state index < -0.39 is 5.91 Å². The number of fused-ring (bicyclic) bond motifs is 1. The van der Waals surface area contributed by atoms with Gasteiger partial charge in [-0.05, 0) is 50.5 Å². The number of carbonyl (C=O) groups is 2. The maximum atomic E-state index is 13.2. The van der Waals surface area contributed by atoms with E-state index in [1.165, 1.54) is 15.4 Å². The molecule has 0 aliphatic heterocycles. The minimum absolute atomic E-state index is 0.000385. The lowest BCUT2D eigenvalue weighted by molar-refractivity contribution is -0.124. The number of nitrogens with one attached hydrogen (secondary N) is 2. The standard InChI is InChI=1S/C24H24ClN7O3/c1-24(7-3-8-24)29-20(33)14-31-13-18(21(30-31)16-11-15(25)5-6-19(16)35-2)28-23(34)17-12-27-32-10-4-9-26-22(17)32/h4-6,9-13H,3,7-8,14H2,1-2H3,(H,28,34)(H,29,33). The topological polar surface area (TPSA) is 115 Å². The van der Waals surface area contributed by atoms with Crippen molar-refractivity contribution in [3.05, 3.63) is 59.6 Å². The predicted octanol–water partition coefficient (Wildman–Crippen LogP) is 3.57. The molecule has 35 heavy (non-hydrogen) atoms. The summed E-state index contributed by atoms with van der Waals surface area (Å²) in [6.45, 7) is 2.04. The summed E-state index contributed by atoms with van der Waals surface area (Å²) in [7, 11) is 1.54. The highest BCUT2D eigenvalue weighted by Crippen LogP contribution is 2.36. The number of carbonyl (C=O) groups excluding carboxylic acids is 2.